The number of aryl methyl sites for hydroxylation is 1. The minimum Gasteiger partial charge on any atom is -0.495 e. The van der Waals surface area contributed by atoms with E-state index in [4.69, 9.17) is 4.74 Å². The quantitative estimate of drug-likeness (QED) is 0.884. The first-order valence-corrected chi connectivity index (χ1v) is 10.0. The lowest BCUT2D eigenvalue weighted by molar-refractivity contribution is -0.145. The van der Waals surface area contributed by atoms with Crippen molar-refractivity contribution < 1.29 is 14.3 Å². The second kappa shape index (κ2) is 7.06. The number of benzene rings is 1. The summed E-state index contributed by atoms with van der Waals surface area (Å²) >= 11 is 0. The monoisotopic (exact) mass is 371 g/mol. The molecule has 1 spiro atoms. The number of hydrogen-bond acceptors (Lipinski definition) is 3. The van der Waals surface area contributed by atoms with E-state index in [1.165, 1.54) is 12.8 Å². The van der Waals surface area contributed by atoms with Gasteiger partial charge in [-0.25, -0.2) is 4.79 Å². The molecular formula is C21H29N3O3. The number of rotatable bonds is 4. The number of methoxy groups -OCH3 is 1. The Bertz CT molecular complexity index is 746. The van der Waals surface area contributed by atoms with Crippen LogP contribution in [0.3, 0.4) is 0 Å². The molecule has 0 aromatic heterocycles. The largest absolute Gasteiger partial charge is 0.495 e. The molecular weight excluding hydrogens is 342 g/mol. The summed E-state index contributed by atoms with van der Waals surface area (Å²) in [7, 11) is 1.60. The first kappa shape index (κ1) is 18.1. The average molecular weight is 371 g/mol. The molecule has 1 aromatic rings. The number of anilines is 1. The highest BCUT2D eigenvalue weighted by Gasteiger charge is 2.50. The summed E-state index contributed by atoms with van der Waals surface area (Å²) in [6.45, 7) is 4.92. The zero-order chi connectivity index (χ0) is 19.0. The second-order valence-corrected chi connectivity index (χ2v) is 8.38. The fourth-order valence-corrected chi connectivity index (χ4v) is 4.48. The molecule has 3 amide bonds. The summed E-state index contributed by atoms with van der Waals surface area (Å²) in [4.78, 5) is 29.8. The molecule has 4 rings (SSSR count). The standard InChI is InChI=1S/C21H29N3O3/c1-15-4-7-18(27-2)17(12-15)22-20(26)24-11-9-21(14-24)8-3-10-23(19(21)25)13-16-5-6-16/h4,7,12,16H,3,5-6,8-11,13-14H2,1-2H3,(H,22,26)/t21-/m1/s1. The van der Waals surface area contributed by atoms with Crippen molar-refractivity contribution in [1.29, 1.82) is 0 Å². The fraction of sp³-hybridized carbons (Fsp3) is 0.619. The first-order chi connectivity index (χ1) is 13.0. The Morgan fingerprint density at radius 1 is 1.30 bits per heavy atom. The summed E-state index contributed by atoms with van der Waals surface area (Å²) in [5.41, 5.74) is 1.36. The highest BCUT2D eigenvalue weighted by Crippen LogP contribution is 2.42. The molecule has 3 fully saturated rings. The normalized spacial score (nSPS) is 25.2. The van der Waals surface area contributed by atoms with E-state index in [0.29, 0.717) is 30.4 Å². The van der Waals surface area contributed by atoms with Crippen molar-refractivity contribution in [3.63, 3.8) is 0 Å². The molecule has 0 bridgehead atoms. The number of hydrogen-bond donors (Lipinski definition) is 1. The lowest BCUT2D eigenvalue weighted by atomic mass is 9.78. The number of carbonyl (C=O) groups excluding carboxylic acids is 2. The van der Waals surface area contributed by atoms with Crippen LogP contribution in [0.2, 0.25) is 0 Å². The van der Waals surface area contributed by atoms with Crippen molar-refractivity contribution in [1.82, 2.24) is 9.80 Å². The van der Waals surface area contributed by atoms with Crippen LogP contribution in [0.25, 0.3) is 0 Å². The van der Waals surface area contributed by atoms with Crippen molar-refractivity contribution in [3.05, 3.63) is 23.8 Å². The smallest absolute Gasteiger partial charge is 0.321 e. The van der Waals surface area contributed by atoms with Gasteiger partial charge in [0.1, 0.15) is 5.75 Å². The molecule has 146 valence electrons. The molecule has 0 radical (unpaired) electrons. The van der Waals surface area contributed by atoms with Crippen molar-refractivity contribution >= 4 is 17.6 Å². The van der Waals surface area contributed by atoms with Crippen molar-refractivity contribution in [3.8, 4) is 5.75 Å². The van der Waals surface area contributed by atoms with Gasteiger partial charge in [-0.15, -0.1) is 0 Å². The van der Waals surface area contributed by atoms with E-state index >= 15 is 0 Å². The summed E-state index contributed by atoms with van der Waals surface area (Å²) in [5, 5.41) is 2.97. The molecule has 1 N–H and O–H groups in total. The SMILES string of the molecule is COc1ccc(C)cc1NC(=O)N1CC[C@]2(CCCN(CC3CC3)C2=O)C1. The number of urea groups is 1. The molecule has 27 heavy (non-hydrogen) atoms. The minimum atomic E-state index is -0.374. The number of likely N-dealkylation sites (tertiary alicyclic amines) is 2. The number of amides is 3. The van der Waals surface area contributed by atoms with Crippen LogP contribution in [-0.2, 0) is 4.79 Å². The lowest BCUT2D eigenvalue weighted by Gasteiger charge is -2.39. The van der Waals surface area contributed by atoms with Gasteiger partial charge in [0.2, 0.25) is 5.91 Å². The molecule has 2 saturated heterocycles. The Kier molecular flexibility index (Phi) is 4.74. The lowest BCUT2D eigenvalue weighted by Crippen LogP contribution is -2.51. The highest BCUT2D eigenvalue weighted by molar-refractivity contribution is 5.92. The molecule has 1 aliphatic carbocycles. The van der Waals surface area contributed by atoms with Crippen molar-refractivity contribution in [2.24, 2.45) is 11.3 Å². The Balaban J connectivity index is 1.43. The zero-order valence-electron chi connectivity index (χ0n) is 16.3. The van der Waals surface area contributed by atoms with E-state index in [9.17, 15) is 9.59 Å². The van der Waals surface area contributed by atoms with E-state index in [2.05, 4.69) is 10.2 Å². The maximum Gasteiger partial charge on any atom is 0.321 e. The third-order valence-electron chi connectivity index (χ3n) is 6.24. The Morgan fingerprint density at radius 3 is 2.85 bits per heavy atom. The number of ether oxygens (including phenoxy) is 1. The third kappa shape index (κ3) is 3.62. The minimum absolute atomic E-state index is 0.150. The molecule has 0 unspecified atom stereocenters. The fourth-order valence-electron chi connectivity index (χ4n) is 4.48. The first-order valence-electron chi connectivity index (χ1n) is 10.0. The van der Waals surface area contributed by atoms with Crippen LogP contribution < -0.4 is 10.1 Å². The van der Waals surface area contributed by atoms with E-state index in [-0.39, 0.29) is 17.4 Å². The van der Waals surface area contributed by atoms with Gasteiger partial charge < -0.3 is 19.9 Å². The van der Waals surface area contributed by atoms with Crippen LogP contribution >= 0.6 is 0 Å². The molecule has 1 atom stereocenters. The van der Waals surface area contributed by atoms with Gasteiger partial charge in [-0.3, -0.25) is 4.79 Å². The van der Waals surface area contributed by atoms with Gasteiger partial charge in [-0.1, -0.05) is 6.07 Å². The predicted molar refractivity (Wildman–Crippen MR) is 104 cm³/mol. The van der Waals surface area contributed by atoms with Crippen molar-refractivity contribution in [2.45, 2.75) is 39.0 Å². The van der Waals surface area contributed by atoms with Gasteiger partial charge in [0.25, 0.3) is 0 Å². The van der Waals surface area contributed by atoms with Crippen LogP contribution in [0.4, 0.5) is 10.5 Å². The molecule has 2 heterocycles. The maximum atomic E-state index is 13.1. The van der Waals surface area contributed by atoms with Crippen LogP contribution in [-0.4, -0.2) is 55.0 Å². The highest BCUT2D eigenvalue weighted by atomic mass is 16.5. The Morgan fingerprint density at radius 2 is 2.11 bits per heavy atom. The summed E-state index contributed by atoms with van der Waals surface area (Å²) < 4.78 is 5.35. The summed E-state index contributed by atoms with van der Waals surface area (Å²) in [6.07, 6.45) is 5.21. The summed E-state index contributed by atoms with van der Waals surface area (Å²) in [6, 6.07) is 5.57. The van der Waals surface area contributed by atoms with Crippen molar-refractivity contribution in [2.75, 3.05) is 38.6 Å². The molecule has 2 aliphatic heterocycles. The van der Waals surface area contributed by atoms with Crippen LogP contribution in [0.5, 0.6) is 5.75 Å². The zero-order valence-corrected chi connectivity index (χ0v) is 16.3. The van der Waals surface area contributed by atoms with E-state index in [1.54, 1.807) is 12.0 Å². The van der Waals surface area contributed by atoms with E-state index in [1.807, 2.05) is 25.1 Å². The maximum absolute atomic E-state index is 13.1. The topological polar surface area (TPSA) is 61.9 Å². The average Bonchev–Trinajstić information content (AvgIpc) is 3.36. The molecule has 3 aliphatic rings. The molecule has 1 aromatic carbocycles. The summed E-state index contributed by atoms with van der Waals surface area (Å²) in [5.74, 6) is 1.62. The molecule has 1 saturated carbocycles. The Hall–Kier alpha value is -2.24. The van der Waals surface area contributed by atoms with Crippen LogP contribution in [0, 0.1) is 18.3 Å². The number of carbonyl (C=O) groups is 2. The third-order valence-corrected chi connectivity index (χ3v) is 6.24. The molecule has 6 heteroatoms. The number of nitrogens with zero attached hydrogens (tertiary/aromatic N) is 2. The second-order valence-electron chi connectivity index (χ2n) is 8.38. The predicted octanol–water partition coefficient (Wildman–Crippen LogP) is 3.26. The van der Waals surface area contributed by atoms with Crippen LogP contribution in [0.15, 0.2) is 18.2 Å². The van der Waals surface area contributed by atoms with Gasteiger partial charge >= 0.3 is 6.03 Å². The van der Waals surface area contributed by atoms with E-state index < -0.39 is 0 Å². The van der Waals surface area contributed by atoms with Crippen LogP contribution in [0.1, 0.15) is 37.7 Å². The van der Waals surface area contributed by atoms with Gasteiger partial charge in [-0.2, -0.15) is 0 Å². The van der Waals surface area contributed by atoms with Gasteiger partial charge in [0, 0.05) is 26.2 Å². The molecule has 6 nitrogen and oxygen atoms in total. The number of piperidine rings is 1. The van der Waals surface area contributed by atoms with E-state index in [0.717, 1.165) is 37.9 Å². The number of nitrogens with one attached hydrogen (secondary N) is 1. The van der Waals surface area contributed by atoms with Gasteiger partial charge in [0.15, 0.2) is 0 Å². The Labute approximate surface area is 160 Å². The van der Waals surface area contributed by atoms with Gasteiger partial charge in [0.05, 0.1) is 18.2 Å². The van der Waals surface area contributed by atoms with Gasteiger partial charge in [-0.05, 0) is 62.6 Å².